The third kappa shape index (κ3) is 7.15. The second kappa shape index (κ2) is 10.6. The van der Waals surface area contributed by atoms with Gasteiger partial charge in [-0.2, -0.15) is 5.10 Å². The molecule has 7 heteroatoms. The summed E-state index contributed by atoms with van der Waals surface area (Å²) in [4.78, 5) is 23.9. The third-order valence-electron chi connectivity index (χ3n) is 3.88. The number of rotatable bonds is 8. The molecule has 148 valence electrons. The number of aryl methyl sites for hydroxylation is 2. The van der Waals surface area contributed by atoms with Gasteiger partial charge in [0.15, 0.2) is 6.61 Å². The highest BCUT2D eigenvalue weighted by molar-refractivity contribution is 9.10. The number of nitrogens with one attached hydrogen (secondary N) is 2. The quantitative estimate of drug-likeness (QED) is 0.471. The Hall–Kier alpha value is -2.67. The van der Waals surface area contributed by atoms with Crippen LogP contribution in [-0.4, -0.2) is 24.1 Å². The van der Waals surface area contributed by atoms with E-state index in [4.69, 9.17) is 4.74 Å². The first-order valence-electron chi connectivity index (χ1n) is 8.97. The van der Waals surface area contributed by atoms with E-state index in [1.165, 1.54) is 5.56 Å². The molecule has 0 radical (unpaired) electrons. The maximum absolute atomic E-state index is 12.1. The van der Waals surface area contributed by atoms with E-state index in [1.807, 2.05) is 43.3 Å². The molecule has 0 aliphatic rings. The summed E-state index contributed by atoms with van der Waals surface area (Å²) >= 11 is 3.39. The van der Waals surface area contributed by atoms with E-state index in [1.54, 1.807) is 13.0 Å². The molecule has 0 bridgehead atoms. The lowest BCUT2D eigenvalue weighted by molar-refractivity contribution is -0.123. The second-order valence-corrected chi connectivity index (χ2v) is 7.23. The van der Waals surface area contributed by atoms with Crippen LogP contribution in [-0.2, 0) is 16.0 Å². The minimum Gasteiger partial charge on any atom is -0.483 e. The average molecular weight is 446 g/mol. The minimum atomic E-state index is -0.401. The van der Waals surface area contributed by atoms with Crippen LogP contribution in [0.3, 0.4) is 0 Å². The van der Waals surface area contributed by atoms with Crippen molar-refractivity contribution in [2.45, 2.75) is 33.6 Å². The molecule has 0 aliphatic heterocycles. The van der Waals surface area contributed by atoms with E-state index in [0.29, 0.717) is 11.5 Å². The zero-order valence-electron chi connectivity index (χ0n) is 16.2. The molecule has 28 heavy (non-hydrogen) atoms. The van der Waals surface area contributed by atoms with Crippen molar-refractivity contribution in [3.8, 4) is 5.75 Å². The van der Waals surface area contributed by atoms with Gasteiger partial charge in [-0.05, 0) is 71.6 Å². The standard InChI is InChI=1S/C21H24BrN3O3/c1-4-16-6-8-17(9-7-16)23-20(26)12-15(3)24-25-21(27)13-28-19-10-5-14(2)11-18(19)22/h5-11H,4,12-13H2,1-3H3,(H,23,26)(H,25,27)/b24-15-. The molecule has 6 nitrogen and oxygen atoms in total. The molecule has 0 aliphatic carbocycles. The van der Waals surface area contributed by atoms with Crippen LogP contribution in [0.4, 0.5) is 5.69 Å². The number of anilines is 1. The van der Waals surface area contributed by atoms with Crippen LogP contribution in [0, 0.1) is 6.92 Å². The first-order valence-corrected chi connectivity index (χ1v) is 9.76. The number of amides is 2. The van der Waals surface area contributed by atoms with Crippen LogP contribution < -0.4 is 15.5 Å². The predicted molar refractivity (Wildman–Crippen MR) is 115 cm³/mol. The van der Waals surface area contributed by atoms with Gasteiger partial charge in [0.2, 0.25) is 5.91 Å². The fourth-order valence-electron chi connectivity index (χ4n) is 2.36. The lowest BCUT2D eigenvalue weighted by Crippen LogP contribution is -2.26. The zero-order chi connectivity index (χ0) is 20.5. The Kier molecular flexibility index (Phi) is 8.19. The van der Waals surface area contributed by atoms with Crippen molar-refractivity contribution in [1.82, 2.24) is 5.43 Å². The first kappa shape index (κ1) is 21.6. The van der Waals surface area contributed by atoms with Crippen LogP contribution in [0.5, 0.6) is 5.75 Å². The molecule has 0 spiro atoms. The summed E-state index contributed by atoms with van der Waals surface area (Å²) in [6, 6.07) is 13.3. The van der Waals surface area contributed by atoms with E-state index < -0.39 is 5.91 Å². The fraction of sp³-hybridized carbons (Fsp3) is 0.286. The predicted octanol–water partition coefficient (Wildman–Crippen LogP) is 4.22. The zero-order valence-corrected chi connectivity index (χ0v) is 17.8. The molecule has 0 aromatic heterocycles. The highest BCUT2D eigenvalue weighted by Crippen LogP contribution is 2.25. The Morgan fingerprint density at radius 2 is 1.82 bits per heavy atom. The molecule has 0 saturated heterocycles. The first-order chi connectivity index (χ1) is 13.4. The minimum absolute atomic E-state index is 0.0835. The number of carbonyl (C=O) groups excluding carboxylic acids is 2. The number of halogens is 1. The molecular weight excluding hydrogens is 422 g/mol. The number of ether oxygens (including phenoxy) is 1. The van der Waals surface area contributed by atoms with Crippen molar-refractivity contribution >= 4 is 39.1 Å². The highest BCUT2D eigenvalue weighted by atomic mass is 79.9. The molecule has 2 aromatic rings. The van der Waals surface area contributed by atoms with Crippen molar-refractivity contribution in [2.24, 2.45) is 5.10 Å². The van der Waals surface area contributed by atoms with Crippen molar-refractivity contribution in [1.29, 1.82) is 0 Å². The summed E-state index contributed by atoms with van der Waals surface area (Å²) in [6.07, 6.45) is 1.03. The maximum Gasteiger partial charge on any atom is 0.277 e. The van der Waals surface area contributed by atoms with Gasteiger partial charge in [-0.25, -0.2) is 5.43 Å². The Labute approximate surface area is 173 Å². The van der Waals surface area contributed by atoms with Gasteiger partial charge in [0.1, 0.15) is 5.75 Å². The van der Waals surface area contributed by atoms with Gasteiger partial charge in [0.05, 0.1) is 10.9 Å². The summed E-state index contributed by atoms with van der Waals surface area (Å²) in [5.41, 5.74) is 5.92. The number of hydrogen-bond acceptors (Lipinski definition) is 4. The fourth-order valence-corrected chi connectivity index (χ4v) is 2.96. The van der Waals surface area contributed by atoms with Gasteiger partial charge >= 0.3 is 0 Å². The number of hydrazone groups is 1. The van der Waals surface area contributed by atoms with Gasteiger partial charge in [-0.15, -0.1) is 0 Å². The van der Waals surface area contributed by atoms with Gasteiger partial charge < -0.3 is 10.1 Å². The largest absolute Gasteiger partial charge is 0.483 e. The second-order valence-electron chi connectivity index (χ2n) is 6.38. The lowest BCUT2D eigenvalue weighted by Gasteiger charge is -2.08. The molecular formula is C21H24BrN3O3. The number of benzene rings is 2. The van der Waals surface area contributed by atoms with Crippen molar-refractivity contribution in [3.63, 3.8) is 0 Å². The Morgan fingerprint density at radius 3 is 2.46 bits per heavy atom. The third-order valence-corrected chi connectivity index (χ3v) is 4.50. The molecule has 2 aromatic carbocycles. The van der Waals surface area contributed by atoms with Gasteiger partial charge in [-0.1, -0.05) is 25.1 Å². The van der Waals surface area contributed by atoms with E-state index >= 15 is 0 Å². The summed E-state index contributed by atoms with van der Waals surface area (Å²) in [6.45, 7) is 5.55. The van der Waals surface area contributed by atoms with E-state index in [0.717, 1.165) is 22.1 Å². The maximum atomic E-state index is 12.1. The molecule has 0 saturated carbocycles. The Balaban J connectivity index is 1.77. The van der Waals surface area contributed by atoms with Crippen LogP contribution in [0.25, 0.3) is 0 Å². The summed E-state index contributed by atoms with van der Waals surface area (Å²) in [7, 11) is 0. The van der Waals surface area contributed by atoms with E-state index in [-0.39, 0.29) is 18.9 Å². The number of hydrogen-bond donors (Lipinski definition) is 2. The average Bonchev–Trinajstić information content (AvgIpc) is 2.66. The van der Waals surface area contributed by atoms with Crippen LogP contribution in [0.1, 0.15) is 31.4 Å². The lowest BCUT2D eigenvalue weighted by atomic mass is 10.1. The Morgan fingerprint density at radius 1 is 1.11 bits per heavy atom. The normalized spacial score (nSPS) is 11.1. The van der Waals surface area contributed by atoms with Crippen LogP contribution in [0.15, 0.2) is 52.0 Å². The van der Waals surface area contributed by atoms with Crippen molar-refractivity contribution in [2.75, 3.05) is 11.9 Å². The van der Waals surface area contributed by atoms with Gasteiger partial charge in [-0.3, -0.25) is 9.59 Å². The molecule has 0 unspecified atom stereocenters. The Bertz CT molecular complexity index is 864. The highest BCUT2D eigenvalue weighted by Gasteiger charge is 2.08. The molecule has 0 heterocycles. The molecule has 0 fully saturated rings. The van der Waals surface area contributed by atoms with E-state index in [2.05, 4.69) is 38.7 Å². The van der Waals surface area contributed by atoms with Gasteiger partial charge in [0.25, 0.3) is 5.91 Å². The summed E-state index contributed by atoms with van der Waals surface area (Å²) in [5, 5.41) is 6.75. The van der Waals surface area contributed by atoms with Crippen molar-refractivity contribution < 1.29 is 14.3 Å². The molecule has 0 atom stereocenters. The summed E-state index contributed by atoms with van der Waals surface area (Å²) in [5.74, 6) is -0.0168. The van der Waals surface area contributed by atoms with Crippen LogP contribution >= 0.6 is 15.9 Å². The molecule has 2 N–H and O–H groups in total. The smallest absolute Gasteiger partial charge is 0.277 e. The van der Waals surface area contributed by atoms with E-state index in [9.17, 15) is 9.59 Å². The SMILES string of the molecule is CCc1ccc(NC(=O)C/C(C)=N\NC(=O)COc2ccc(C)cc2Br)cc1. The molecule has 2 rings (SSSR count). The van der Waals surface area contributed by atoms with Crippen LogP contribution in [0.2, 0.25) is 0 Å². The van der Waals surface area contributed by atoms with Gasteiger partial charge in [0, 0.05) is 11.4 Å². The summed E-state index contributed by atoms with van der Waals surface area (Å²) < 4.78 is 6.24. The number of nitrogens with zero attached hydrogens (tertiary/aromatic N) is 1. The topological polar surface area (TPSA) is 79.8 Å². The monoisotopic (exact) mass is 445 g/mol. The molecule has 2 amide bonds. The van der Waals surface area contributed by atoms with Crippen molar-refractivity contribution in [3.05, 3.63) is 58.1 Å². The number of carbonyl (C=O) groups is 2.